The lowest BCUT2D eigenvalue weighted by molar-refractivity contribution is 0.0655. The van der Waals surface area contributed by atoms with E-state index in [1.807, 2.05) is 0 Å². The summed E-state index contributed by atoms with van der Waals surface area (Å²) >= 11 is 0. The van der Waals surface area contributed by atoms with Gasteiger partial charge >= 0.3 is 0 Å². The van der Waals surface area contributed by atoms with E-state index in [2.05, 4.69) is 11.9 Å². The molecule has 1 aliphatic rings. The summed E-state index contributed by atoms with van der Waals surface area (Å²) in [5.74, 6) is -0.228. The summed E-state index contributed by atoms with van der Waals surface area (Å²) in [6, 6.07) is 6.35. The standard InChI is InChI=1S/C12H14FNO/c1-9(12-8-14-6-7-15-12)10-2-4-11(13)5-3-10/h2-5,12,14H,1,6-8H2. The number of halogens is 1. The molecule has 0 radical (unpaired) electrons. The molecule has 1 aromatic carbocycles. The molecule has 2 rings (SSSR count). The predicted molar refractivity (Wildman–Crippen MR) is 58.0 cm³/mol. The molecule has 1 heterocycles. The second-order valence-corrected chi connectivity index (χ2v) is 3.60. The second-order valence-electron chi connectivity index (χ2n) is 3.60. The van der Waals surface area contributed by atoms with E-state index in [-0.39, 0.29) is 11.9 Å². The summed E-state index contributed by atoms with van der Waals surface area (Å²) in [5.41, 5.74) is 1.84. The number of hydrogen-bond acceptors (Lipinski definition) is 2. The summed E-state index contributed by atoms with van der Waals surface area (Å²) in [5, 5.41) is 3.24. The van der Waals surface area contributed by atoms with Crippen LogP contribution in [0.5, 0.6) is 0 Å². The largest absolute Gasteiger partial charge is 0.371 e. The van der Waals surface area contributed by atoms with E-state index in [1.54, 1.807) is 12.1 Å². The highest BCUT2D eigenvalue weighted by Gasteiger charge is 2.17. The first-order valence-corrected chi connectivity index (χ1v) is 5.04. The molecule has 1 N–H and O–H groups in total. The third kappa shape index (κ3) is 2.43. The minimum Gasteiger partial charge on any atom is -0.371 e. The van der Waals surface area contributed by atoms with Gasteiger partial charge in [-0.3, -0.25) is 0 Å². The molecule has 3 heteroatoms. The van der Waals surface area contributed by atoms with Gasteiger partial charge in [0.1, 0.15) is 5.82 Å². The van der Waals surface area contributed by atoms with Gasteiger partial charge in [0.2, 0.25) is 0 Å². The van der Waals surface area contributed by atoms with Crippen molar-refractivity contribution in [1.82, 2.24) is 5.32 Å². The summed E-state index contributed by atoms with van der Waals surface area (Å²) < 4.78 is 18.3. The van der Waals surface area contributed by atoms with E-state index in [0.717, 1.165) is 24.2 Å². The van der Waals surface area contributed by atoms with Gasteiger partial charge in [0, 0.05) is 13.1 Å². The highest BCUT2D eigenvalue weighted by molar-refractivity contribution is 5.66. The van der Waals surface area contributed by atoms with E-state index >= 15 is 0 Å². The molecule has 1 aromatic rings. The zero-order valence-electron chi connectivity index (χ0n) is 8.50. The fraction of sp³-hybridized carbons (Fsp3) is 0.333. The van der Waals surface area contributed by atoms with Gasteiger partial charge in [0.25, 0.3) is 0 Å². The molecular formula is C12H14FNO. The summed E-state index contributed by atoms with van der Waals surface area (Å²) in [6.07, 6.45) is 0.00390. The van der Waals surface area contributed by atoms with E-state index < -0.39 is 0 Å². The Hall–Kier alpha value is -1.19. The van der Waals surface area contributed by atoms with Crippen molar-refractivity contribution in [2.45, 2.75) is 6.10 Å². The second kappa shape index (κ2) is 4.55. The Morgan fingerprint density at radius 1 is 1.40 bits per heavy atom. The predicted octanol–water partition coefficient (Wildman–Crippen LogP) is 1.83. The molecule has 0 amide bonds. The van der Waals surface area contributed by atoms with E-state index in [4.69, 9.17) is 4.74 Å². The van der Waals surface area contributed by atoms with Crippen molar-refractivity contribution in [3.05, 3.63) is 42.2 Å². The molecule has 0 bridgehead atoms. The van der Waals surface area contributed by atoms with Crippen LogP contribution in [0, 0.1) is 5.82 Å². The minimum absolute atomic E-state index is 0.00390. The van der Waals surface area contributed by atoms with E-state index in [0.29, 0.717) is 6.61 Å². The van der Waals surface area contributed by atoms with Gasteiger partial charge in [-0.05, 0) is 23.3 Å². The van der Waals surface area contributed by atoms with Crippen LogP contribution in [-0.4, -0.2) is 25.8 Å². The minimum atomic E-state index is -0.228. The van der Waals surface area contributed by atoms with Gasteiger partial charge in [-0.2, -0.15) is 0 Å². The number of ether oxygens (including phenoxy) is 1. The number of rotatable bonds is 2. The molecule has 0 saturated carbocycles. The summed E-state index contributed by atoms with van der Waals surface area (Å²) in [6.45, 7) is 6.35. The van der Waals surface area contributed by atoms with Gasteiger partial charge in [0.15, 0.2) is 0 Å². The van der Waals surface area contributed by atoms with Gasteiger partial charge in [0.05, 0.1) is 12.7 Å². The number of nitrogens with one attached hydrogen (secondary N) is 1. The third-order valence-electron chi connectivity index (χ3n) is 2.53. The van der Waals surface area contributed by atoms with Crippen molar-refractivity contribution in [2.75, 3.05) is 19.7 Å². The Balaban J connectivity index is 2.09. The summed E-state index contributed by atoms with van der Waals surface area (Å²) in [4.78, 5) is 0. The number of hydrogen-bond donors (Lipinski definition) is 1. The molecule has 15 heavy (non-hydrogen) atoms. The molecule has 1 fully saturated rings. The van der Waals surface area contributed by atoms with Crippen LogP contribution >= 0.6 is 0 Å². The fourth-order valence-electron chi connectivity index (χ4n) is 1.64. The van der Waals surface area contributed by atoms with Crippen LogP contribution in [0.15, 0.2) is 30.8 Å². The molecule has 1 unspecified atom stereocenters. The van der Waals surface area contributed by atoms with Crippen LogP contribution in [0.4, 0.5) is 4.39 Å². The maximum Gasteiger partial charge on any atom is 0.123 e. The Labute approximate surface area is 88.8 Å². The molecule has 1 saturated heterocycles. The highest BCUT2D eigenvalue weighted by atomic mass is 19.1. The zero-order chi connectivity index (χ0) is 10.7. The van der Waals surface area contributed by atoms with Crippen LogP contribution < -0.4 is 5.32 Å². The lowest BCUT2D eigenvalue weighted by Gasteiger charge is -2.25. The van der Waals surface area contributed by atoms with E-state index in [1.165, 1.54) is 12.1 Å². The lowest BCUT2D eigenvalue weighted by Crippen LogP contribution is -2.38. The van der Waals surface area contributed by atoms with Crippen molar-refractivity contribution in [2.24, 2.45) is 0 Å². The maximum atomic E-state index is 12.7. The fourth-order valence-corrected chi connectivity index (χ4v) is 1.64. The van der Waals surface area contributed by atoms with Crippen LogP contribution in [0.25, 0.3) is 5.57 Å². The molecule has 2 nitrogen and oxygen atoms in total. The first kappa shape index (κ1) is 10.3. The van der Waals surface area contributed by atoms with Gasteiger partial charge < -0.3 is 10.1 Å². The van der Waals surface area contributed by atoms with Crippen LogP contribution in [0.3, 0.4) is 0 Å². The average Bonchev–Trinajstić information content (AvgIpc) is 2.30. The molecule has 0 aromatic heterocycles. The van der Waals surface area contributed by atoms with Gasteiger partial charge in [-0.15, -0.1) is 0 Å². The molecule has 0 spiro atoms. The molecule has 1 aliphatic heterocycles. The maximum absolute atomic E-state index is 12.7. The quantitative estimate of drug-likeness (QED) is 0.798. The Morgan fingerprint density at radius 2 is 2.13 bits per heavy atom. The Kier molecular flexibility index (Phi) is 3.14. The van der Waals surface area contributed by atoms with Crippen LogP contribution in [0.2, 0.25) is 0 Å². The first-order chi connectivity index (χ1) is 7.27. The first-order valence-electron chi connectivity index (χ1n) is 5.04. The highest BCUT2D eigenvalue weighted by Crippen LogP contribution is 2.19. The Morgan fingerprint density at radius 3 is 2.73 bits per heavy atom. The normalized spacial score (nSPS) is 21.3. The lowest BCUT2D eigenvalue weighted by atomic mass is 10.0. The third-order valence-corrected chi connectivity index (χ3v) is 2.53. The zero-order valence-corrected chi connectivity index (χ0v) is 8.50. The van der Waals surface area contributed by atoms with Crippen molar-refractivity contribution in [3.63, 3.8) is 0 Å². The summed E-state index contributed by atoms with van der Waals surface area (Å²) in [7, 11) is 0. The van der Waals surface area contributed by atoms with Crippen LogP contribution in [-0.2, 0) is 4.74 Å². The number of benzene rings is 1. The average molecular weight is 207 g/mol. The Bertz CT molecular complexity index is 341. The molecule has 0 aliphatic carbocycles. The van der Waals surface area contributed by atoms with Crippen molar-refractivity contribution >= 4 is 5.57 Å². The van der Waals surface area contributed by atoms with Gasteiger partial charge in [-0.25, -0.2) is 4.39 Å². The molecule has 1 atom stereocenters. The van der Waals surface area contributed by atoms with Crippen molar-refractivity contribution < 1.29 is 9.13 Å². The monoisotopic (exact) mass is 207 g/mol. The number of morpholine rings is 1. The van der Waals surface area contributed by atoms with Gasteiger partial charge in [-0.1, -0.05) is 18.7 Å². The van der Waals surface area contributed by atoms with Crippen molar-refractivity contribution in [3.8, 4) is 0 Å². The SMILES string of the molecule is C=C(c1ccc(F)cc1)C1CNCCO1. The van der Waals surface area contributed by atoms with Crippen LogP contribution in [0.1, 0.15) is 5.56 Å². The smallest absolute Gasteiger partial charge is 0.123 e. The van der Waals surface area contributed by atoms with Crippen molar-refractivity contribution in [1.29, 1.82) is 0 Å². The topological polar surface area (TPSA) is 21.3 Å². The molecular weight excluding hydrogens is 193 g/mol. The van der Waals surface area contributed by atoms with E-state index in [9.17, 15) is 4.39 Å². The molecule has 80 valence electrons.